The summed E-state index contributed by atoms with van der Waals surface area (Å²) in [4.78, 5) is 0. The molecule has 0 spiro atoms. The number of allylic oxidation sites excluding steroid dienone is 1. The van der Waals surface area contributed by atoms with Crippen molar-refractivity contribution in [2.45, 2.75) is 39.9 Å². The van der Waals surface area contributed by atoms with E-state index in [0.717, 1.165) is 17.7 Å². The Morgan fingerprint density at radius 2 is 2.06 bits per heavy atom. The van der Waals surface area contributed by atoms with Gasteiger partial charge in [-0.15, -0.1) is 0 Å². The van der Waals surface area contributed by atoms with E-state index in [9.17, 15) is 0 Å². The molecule has 2 nitrogen and oxygen atoms in total. The van der Waals surface area contributed by atoms with Gasteiger partial charge in [0.1, 0.15) is 5.75 Å². The third-order valence-corrected chi connectivity index (χ3v) is 2.64. The Balaban J connectivity index is 2.82. The van der Waals surface area contributed by atoms with Crippen LogP contribution in [0.5, 0.6) is 5.75 Å². The van der Waals surface area contributed by atoms with Crippen LogP contribution in [0.15, 0.2) is 30.3 Å². The fourth-order valence-electron chi connectivity index (χ4n) is 1.63. The average Bonchev–Trinajstić information content (AvgIpc) is 2.30. The first-order valence-corrected chi connectivity index (χ1v) is 6.19. The second kappa shape index (κ2) is 6.45. The van der Waals surface area contributed by atoms with Gasteiger partial charge in [0, 0.05) is 20.0 Å². The lowest BCUT2D eigenvalue weighted by atomic mass is 10.2. The zero-order valence-corrected chi connectivity index (χ0v) is 11.2. The largest absolute Gasteiger partial charge is 0.463 e. The molecule has 1 aromatic rings. The summed E-state index contributed by atoms with van der Waals surface area (Å²) < 4.78 is 11.6. The first-order chi connectivity index (χ1) is 8.13. The van der Waals surface area contributed by atoms with Gasteiger partial charge in [-0.25, -0.2) is 0 Å². The number of hydrogen-bond acceptors (Lipinski definition) is 2. The van der Waals surface area contributed by atoms with Gasteiger partial charge in [-0.3, -0.25) is 0 Å². The summed E-state index contributed by atoms with van der Waals surface area (Å²) in [5, 5.41) is 0. The molecule has 0 radical (unpaired) electrons. The summed E-state index contributed by atoms with van der Waals surface area (Å²) in [5.41, 5.74) is 1.14. The lowest BCUT2D eigenvalue weighted by molar-refractivity contribution is -0.168. The molecule has 1 unspecified atom stereocenters. The van der Waals surface area contributed by atoms with Gasteiger partial charge in [0.25, 0.3) is 0 Å². The van der Waals surface area contributed by atoms with Crippen LogP contribution in [-0.2, 0) is 4.74 Å². The lowest BCUT2D eigenvalue weighted by Gasteiger charge is -2.29. The van der Waals surface area contributed by atoms with Crippen LogP contribution in [0.2, 0.25) is 0 Å². The lowest BCUT2D eigenvalue weighted by Crippen LogP contribution is -2.34. The quantitative estimate of drug-likeness (QED) is 0.685. The molecule has 94 valence electrons. The molecule has 0 aromatic heterocycles. The molecule has 0 aliphatic heterocycles. The summed E-state index contributed by atoms with van der Waals surface area (Å²) in [6.45, 7) is 8.67. The molecule has 1 aromatic carbocycles. The minimum absolute atomic E-state index is 0.538. The maximum Gasteiger partial charge on any atom is 0.207 e. The molecule has 0 heterocycles. The highest BCUT2D eigenvalue weighted by Crippen LogP contribution is 2.23. The summed E-state index contributed by atoms with van der Waals surface area (Å²) in [7, 11) is 0. The highest BCUT2D eigenvalue weighted by atomic mass is 16.7. The highest BCUT2D eigenvalue weighted by molar-refractivity contribution is 5.51. The Hall–Kier alpha value is -1.28. The van der Waals surface area contributed by atoms with Crippen LogP contribution in [0.4, 0.5) is 0 Å². The monoisotopic (exact) mass is 234 g/mol. The summed E-state index contributed by atoms with van der Waals surface area (Å²) in [5.74, 6) is 0.307. The first-order valence-electron chi connectivity index (χ1n) is 6.19. The van der Waals surface area contributed by atoms with Crippen LogP contribution in [-0.4, -0.2) is 12.4 Å². The van der Waals surface area contributed by atoms with E-state index in [2.05, 4.69) is 19.1 Å². The minimum Gasteiger partial charge on any atom is -0.463 e. The van der Waals surface area contributed by atoms with Crippen LogP contribution in [0.25, 0.3) is 6.08 Å². The van der Waals surface area contributed by atoms with Crippen molar-refractivity contribution in [3.05, 3.63) is 35.9 Å². The van der Waals surface area contributed by atoms with Crippen LogP contribution < -0.4 is 4.74 Å². The van der Waals surface area contributed by atoms with E-state index in [4.69, 9.17) is 9.47 Å². The fraction of sp³-hybridized carbons (Fsp3) is 0.467. The van der Waals surface area contributed by atoms with E-state index >= 15 is 0 Å². The molecule has 0 N–H and O–H groups in total. The molecule has 0 aliphatic carbocycles. The SMILES string of the molecule is CC=Cc1cccc(OC(C)(CC)OCC)c1. The molecule has 0 saturated carbocycles. The Morgan fingerprint density at radius 1 is 1.29 bits per heavy atom. The van der Waals surface area contributed by atoms with Crippen molar-refractivity contribution in [2.75, 3.05) is 6.61 Å². The Bertz CT molecular complexity index is 371. The smallest absolute Gasteiger partial charge is 0.207 e. The standard InChI is InChI=1S/C15H22O2/c1-5-9-13-10-8-11-14(12-13)17-15(4,6-2)16-7-3/h5,8-12H,6-7H2,1-4H3. The summed E-state index contributed by atoms with van der Waals surface area (Å²) >= 11 is 0. The molecular weight excluding hydrogens is 212 g/mol. The highest BCUT2D eigenvalue weighted by Gasteiger charge is 2.24. The molecule has 1 rings (SSSR count). The minimum atomic E-state index is -0.538. The van der Waals surface area contributed by atoms with Crippen LogP contribution in [0.1, 0.15) is 39.7 Å². The van der Waals surface area contributed by atoms with E-state index in [1.165, 1.54) is 0 Å². The normalized spacial score (nSPS) is 14.8. The third-order valence-electron chi connectivity index (χ3n) is 2.64. The molecule has 0 fully saturated rings. The number of hydrogen-bond donors (Lipinski definition) is 0. The topological polar surface area (TPSA) is 18.5 Å². The van der Waals surface area contributed by atoms with Crippen molar-refractivity contribution in [1.82, 2.24) is 0 Å². The Labute approximate surface area is 104 Å². The van der Waals surface area contributed by atoms with Crippen molar-refractivity contribution in [3.63, 3.8) is 0 Å². The molecule has 2 heteroatoms. The van der Waals surface area contributed by atoms with Crippen LogP contribution in [0, 0.1) is 0 Å². The van der Waals surface area contributed by atoms with E-state index in [1.54, 1.807) is 0 Å². The molecule has 17 heavy (non-hydrogen) atoms. The van der Waals surface area contributed by atoms with E-state index in [0.29, 0.717) is 6.61 Å². The van der Waals surface area contributed by atoms with Crippen molar-refractivity contribution in [1.29, 1.82) is 0 Å². The Kier molecular flexibility index (Phi) is 5.23. The molecule has 0 bridgehead atoms. The van der Waals surface area contributed by atoms with Crippen LogP contribution in [0.3, 0.4) is 0 Å². The zero-order chi connectivity index (χ0) is 12.7. The average molecular weight is 234 g/mol. The van der Waals surface area contributed by atoms with Gasteiger partial charge in [-0.05, 0) is 31.5 Å². The molecule has 0 amide bonds. The van der Waals surface area contributed by atoms with Crippen molar-refractivity contribution in [2.24, 2.45) is 0 Å². The van der Waals surface area contributed by atoms with Gasteiger partial charge in [0.05, 0.1) is 0 Å². The van der Waals surface area contributed by atoms with Crippen molar-refractivity contribution < 1.29 is 9.47 Å². The predicted octanol–water partition coefficient (Wildman–Crippen LogP) is 4.26. The summed E-state index contributed by atoms with van der Waals surface area (Å²) in [6.07, 6.45) is 4.88. The van der Waals surface area contributed by atoms with Gasteiger partial charge >= 0.3 is 0 Å². The first kappa shape index (κ1) is 13.8. The number of benzene rings is 1. The zero-order valence-electron chi connectivity index (χ0n) is 11.2. The van der Waals surface area contributed by atoms with Crippen molar-refractivity contribution >= 4 is 6.08 Å². The van der Waals surface area contributed by atoms with Gasteiger partial charge < -0.3 is 9.47 Å². The fourth-order valence-corrected chi connectivity index (χ4v) is 1.63. The predicted molar refractivity (Wildman–Crippen MR) is 72.1 cm³/mol. The van der Waals surface area contributed by atoms with Crippen molar-refractivity contribution in [3.8, 4) is 5.75 Å². The Morgan fingerprint density at radius 3 is 2.65 bits per heavy atom. The van der Waals surface area contributed by atoms with E-state index in [1.807, 2.05) is 45.0 Å². The molecule has 1 atom stereocenters. The van der Waals surface area contributed by atoms with Gasteiger partial charge in [0.15, 0.2) is 0 Å². The number of ether oxygens (including phenoxy) is 2. The van der Waals surface area contributed by atoms with E-state index in [-0.39, 0.29) is 0 Å². The summed E-state index contributed by atoms with van der Waals surface area (Å²) in [6, 6.07) is 8.02. The third kappa shape index (κ3) is 4.23. The van der Waals surface area contributed by atoms with E-state index < -0.39 is 5.79 Å². The molecular formula is C15H22O2. The second-order valence-corrected chi connectivity index (χ2v) is 4.09. The van der Waals surface area contributed by atoms with Gasteiger partial charge in [-0.1, -0.05) is 31.2 Å². The van der Waals surface area contributed by atoms with Crippen LogP contribution >= 0.6 is 0 Å². The maximum absolute atomic E-state index is 5.92. The molecule has 0 aliphatic rings. The molecule has 0 saturated heterocycles. The second-order valence-electron chi connectivity index (χ2n) is 4.09. The van der Waals surface area contributed by atoms with Gasteiger partial charge in [-0.2, -0.15) is 0 Å². The van der Waals surface area contributed by atoms with Gasteiger partial charge in [0.2, 0.25) is 5.79 Å². The number of rotatable bonds is 6. The maximum atomic E-state index is 5.92.